The van der Waals surface area contributed by atoms with E-state index in [1.165, 1.54) is 0 Å². The third-order valence-electron chi connectivity index (χ3n) is 5.46. The third-order valence-corrected chi connectivity index (χ3v) is 5.46. The highest BCUT2D eigenvalue weighted by atomic mass is 16.1. The molecule has 0 aliphatic heterocycles. The zero-order chi connectivity index (χ0) is 24.2. The molecule has 5 aromatic rings. The Morgan fingerprint density at radius 3 is 2.63 bits per heavy atom. The second-order valence-corrected chi connectivity index (χ2v) is 8.30. The summed E-state index contributed by atoms with van der Waals surface area (Å²) in [5.41, 5.74) is 4.89. The first kappa shape index (κ1) is 22.2. The standard InChI is InChI=1S/C27H25N7O/c1-3-7-21-16-24(34-27(31-21)32-25(33-34)20-10-6-13-28-17-20)29-23-12-5-9-19(15-23)26(35)30-22-11-4-8-18(2)14-22/h4-6,8-17,29H,3,7H2,1-2H3,(H,30,35). The van der Waals surface area contributed by atoms with Gasteiger partial charge in [0.05, 0.1) is 0 Å². The van der Waals surface area contributed by atoms with Crippen LogP contribution >= 0.6 is 0 Å². The molecule has 2 N–H and O–H groups in total. The maximum Gasteiger partial charge on any atom is 0.255 e. The quantitative estimate of drug-likeness (QED) is 0.333. The average molecular weight is 464 g/mol. The van der Waals surface area contributed by atoms with Gasteiger partial charge in [0.15, 0.2) is 5.82 Å². The van der Waals surface area contributed by atoms with E-state index in [4.69, 9.17) is 0 Å². The van der Waals surface area contributed by atoms with Crippen molar-refractivity contribution in [2.45, 2.75) is 26.7 Å². The summed E-state index contributed by atoms with van der Waals surface area (Å²) >= 11 is 0. The number of fused-ring (bicyclic) bond motifs is 1. The molecule has 0 bridgehead atoms. The summed E-state index contributed by atoms with van der Waals surface area (Å²) < 4.78 is 1.68. The average Bonchev–Trinajstić information content (AvgIpc) is 3.30. The van der Waals surface area contributed by atoms with Crippen molar-refractivity contribution in [1.82, 2.24) is 24.6 Å². The first-order valence-corrected chi connectivity index (χ1v) is 11.5. The number of amides is 1. The highest BCUT2D eigenvalue weighted by Gasteiger charge is 2.14. The van der Waals surface area contributed by atoms with E-state index >= 15 is 0 Å². The van der Waals surface area contributed by atoms with E-state index in [9.17, 15) is 4.79 Å². The molecule has 3 aromatic heterocycles. The highest BCUT2D eigenvalue weighted by Crippen LogP contribution is 2.23. The molecule has 0 fully saturated rings. The minimum Gasteiger partial charge on any atom is -0.340 e. The van der Waals surface area contributed by atoms with E-state index in [0.717, 1.165) is 46.9 Å². The molecule has 0 saturated carbocycles. The van der Waals surface area contributed by atoms with Crippen LogP contribution in [0.3, 0.4) is 0 Å². The van der Waals surface area contributed by atoms with Crippen LogP contribution in [-0.4, -0.2) is 30.5 Å². The Labute approximate surface area is 203 Å². The smallest absolute Gasteiger partial charge is 0.255 e. The van der Waals surface area contributed by atoms with Gasteiger partial charge in [-0.05, 0) is 61.4 Å². The fourth-order valence-corrected chi connectivity index (χ4v) is 3.82. The summed E-state index contributed by atoms with van der Waals surface area (Å²) in [6.07, 6.45) is 5.22. The van der Waals surface area contributed by atoms with E-state index in [0.29, 0.717) is 17.2 Å². The Balaban J connectivity index is 1.46. The summed E-state index contributed by atoms with van der Waals surface area (Å²) in [6, 6.07) is 20.8. The van der Waals surface area contributed by atoms with Gasteiger partial charge in [-0.15, -0.1) is 5.10 Å². The number of nitrogens with one attached hydrogen (secondary N) is 2. The van der Waals surface area contributed by atoms with Crippen LogP contribution in [0.5, 0.6) is 0 Å². The van der Waals surface area contributed by atoms with Crippen molar-refractivity contribution in [3.63, 3.8) is 0 Å². The first-order chi connectivity index (χ1) is 17.1. The fraction of sp³-hybridized carbons (Fsp3) is 0.148. The number of pyridine rings is 1. The van der Waals surface area contributed by atoms with Gasteiger partial charge in [-0.1, -0.05) is 31.5 Å². The summed E-state index contributed by atoms with van der Waals surface area (Å²) in [5.74, 6) is 1.60. The first-order valence-electron chi connectivity index (χ1n) is 11.5. The van der Waals surface area contributed by atoms with Crippen molar-refractivity contribution in [1.29, 1.82) is 0 Å². The predicted molar refractivity (Wildman–Crippen MR) is 137 cm³/mol. The minimum absolute atomic E-state index is 0.176. The summed E-state index contributed by atoms with van der Waals surface area (Å²) in [7, 11) is 0. The Kier molecular flexibility index (Phi) is 6.17. The van der Waals surface area contributed by atoms with E-state index in [2.05, 4.69) is 37.6 Å². The van der Waals surface area contributed by atoms with Gasteiger partial charge >= 0.3 is 0 Å². The molecule has 0 aliphatic carbocycles. The molecule has 35 heavy (non-hydrogen) atoms. The molecule has 0 saturated heterocycles. The van der Waals surface area contributed by atoms with Crippen LogP contribution in [-0.2, 0) is 6.42 Å². The Morgan fingerprint density at radius 1 is 0.971 bits per heavy atom. The zero-order valence-corrected chi connectivity index (χ0v) is 19.6. The van der Waals surface area contributed by atoms with Crippen LogP contribution in [0.4, 0.5) is 17.2 Å². The van der Waals surface area contributed by atoms with Gasteiger partial charge in [0.25, 0.3) is 11.7 Å². The lowest BCUT2D eigenvalue weighted by molar-refractivity contribution is 0.102. The van der Waals surface area contributed by atoms with Gasteiger partial charge in [-0.25, -0.2) is 4.98 Å². The number of hydrogen-bond acceptors (Lipinski definition) is 6. The van der Waals surface area contributed by atoms with Crippen molar-refractivity contribution in [2.24, 2.45) is 0 Å². The van der Waals surface area contributed by atoms with Crippen LogP contribution in [0.25, 0.3) is 17.2 Å². The van der Waals surface area contributed by atoms with Gasteiger partial charge in [0.2, 0.25) is 0 Å². The van der Waals surface area contributed by atoms with Crippen molar-refractivity contribution in [3.8, 4) is 11.4 Å². The molecule has 2 aromatic carbocycles. The Morgan fingerprint density at radius 2 is 1.83 bits per heavy atom. The Hall–Kier alpha value is -4.59. The van der Waals surface area contributed by atoms with Crippen molar-refractivity contribution in [3.05, 3.63) is 95.9 Å². The van der Waals surface area contributed by atoms with Gasteiger partial charge < -0.3 is 10.6 Å². The van der Waals surface area contributed by atoms with Crippen LogP contribution in [0, 0.1) is 6.92 Å². The summed E-state index contributed by atoms with van der Waals surface area (Å²) in [4.78, 5) is 26.3. The lowest BCUT2D eigenvalue weighted by atomic mass is 10.1. The topological polar surface area (TPSA) is 97.1 Å². The summed E-state index contributed by atoms with van der Waals surface area (Å²) in [5, 5.41) is 11.0. The molecule has 174 valence electrons. The number of hydrogen-bond donors (Lipinski definition) is 2. The second kappa shape index (κ2) is 9.72. The number of aryl methyl sites for hydroxylation is 2. The fourth-order valence-electron chi connectivity index (χ4n) is 3.82. The minimum atomic E-state index is -0.176. The maximum atomic E-state index is 12.9. The van der Waals surface area contributed by atoms with Gasteiger partial charge in [0.1, 0.15) is 5.82 Å². The molecule has 0 atom stereocenters. The molecule has 8 heteroatoms. The molecule has 0 radical (unpaired) electrons. The second-order valence-electron chi connectivity index (χ2n) is 8.30. The van der Waals surface area contributed by atoms with E-state index in [1.54, 1.807) is 23.0 Å². The lowest BCUT2D eigenvalue weighted by Gasteiger charge is -2.11. The number of carbonyl (C=O) groups excluding carboxylic acids is 1. The molecular weight excluding hydrogens is 438 g/mol. The van der Waals surface area contributed by atoms with Crippen LogP contribution in [0.2, 0.25) is 0 Å². The highest BCUT2D eigenvalue weighted by molar-refractivity contribution is 6.04. The van der Waals surface area contributed by atoms with Crippen molar-refractivity contribution < 1.29 is 4.79 Å². The number of aromatic nitrogens is 5. The van der Waals surface area contributed by atoms with Crippen molar-refractivity contribution in [2.75, 3.05) is 10.6 Å². The lowest BCUT2D eigenvalue weighted by Crippen LogP contribution is -2.12. The molecule has 3 heterocycles. The van der Waals surface area contributed by atoms with Gasteiger partial charge in [-0.2, -0.15) is 9.50 Å². The molecule has 0 aliphatic rings. The van der Waals surface area contributed by atoms with Crippen LogP contribution in [0.1, 0.15) is 35.0 Å². The van der Waals surface area contributed by atoms with E-state index in [1.807, 2.05) is 67.6 Å². The van der Waals surface area contributed by atoms with Gasteiger partial charge in [0, 0.05) is 46.7 Å². The number of nitrogens with zero attached hydrogens (tertiary/aromatic N) is 5. The van der Waals surface area contributed by atoms with Crippen molar-refractivity contribution >= 4 is 28.9 Å². The van der Waals surface area contributed by atoms with Crippen LogP contribution < -0.4 is 10.6 Å². The number of benzene rings is 2. The monoisotopic (exact) mass is 463 g/mol. The molecule has 1 amide bonds. The third kappa shape index (κ3) is 5.01. The largest absolute Gasteiger partial charge is 0.340 e. The molecule has 0 unspecified atom stereocenters. The predicted octanol–water partition coefficient (Wildman–Crippen LogP) is 5.44. The molecule has 8 nitrogen and oxygen atoms in total. The zero-order valence-electron chi connectivity index (χ0n) is 19.6. The molecule has 0 spiro atoms. The number of carbonyl (C=O) groups is 1. The normalized spacial score (nSPS) is 10.9. The molecule has 5 rings (SSSR count). The Bertz CT molecular complexity index is 1490. The number of rotatable bonds is 7. The summed E-state index contributed by atoms with van der Waals surface area (Å²) in [6.45, 7) is 4.10. The van der Waals surface area contributed by atoms with E-state index < -0.39 is 0 Å². The van der Waals surface area contributed by atoms with Gasteiger partial charge in [-0.3, -0.25) is 9.78 Å². The van der Waals surface area contributed by atoms with E-state index in [-0.39, 0.29) is 5.91 Å². The SMILES string of the molecule is CCCc1cc(Nc2cccc(C(=O)Nc3cccc(C)c3)c2)n2nc(-c3cccnc3)nc2n1. The molecular formula is C27H25N7O. The number of anilines is 3. The maximum absolute atomic E-state index is 12.9. The van der Waals surface area contributed by atoms with Crippen LogP contribution in [0.15, 0.2) is 79.1 Å².